The number of nitrogens with one attached hydrogen (secondary N) is 1. The van der Waals surface area contributed by atoms with Crippen LogP contribution in [0.5, 0.6) is 5.75 Å². The van der Waals surface area contributed by atoms with Crippen molar-refractivity contribution >= 4 is 5.91 Å². The summed E-state index contributed by atoms with van der Waals surface area (Å²) in [6, 6.07) is 6.00. The summed E-state index contributed by atoms with van der Waals surface area (Å²) in [6.07, 6.45) is 1.31. The molecule has 0 atom stereocenters. The van der Waals surface area contributed by atoms with Crippen molar-refractivity contribution in [1.82, 2.24) is 10.2 Å². The summed E-state index contributed by atoms with van der Waals surface area (Å²) >= 11 is 0. The van der Waals surface area contributed by atoms with Gasteiger partial charge in [-0.3, -0.25) is 4.79 Å². The number of amides is 1. The summed E-state index contributed by atoms with van der Waals surface area (Å²) in [6.45, 7) is 5.51. The Morgan fingerprint density at radius 2 is 2.11 bits per heavy atom. The van der Waals surface area contributed by atoms with Gasteiger partial charge in [0, 0.05) is 32.6 Å². The Morgan fingerprint density at radius 3 is 2.79 bits per heavy atom. The minimum absolute atomic E-state index is 0.242. The summed E-state index contributed by atoms with van der Waals surface area (Å²) in [4.78, 5) is 14.1. The van der Waals surface area contributed by atoms with Crippen LogP contribution in [0.4, 0.5) is 0 Å². The van der Waals surface area contributed by atoms with E-state index in [9.17, 15) is 4.79 Å². The van der Waals surface area contributed by atoms with Gasteiger partial charge in [-0.25, -0.2) is 0 Å². The predicted octanol–water partition coefficient (Wildman–Crippen LogP) is 1.37. The van der Waals surface area contributed by atoms with Gasteiger partial charge in [0.25, 0.3) is 0 Å². The standard InChI is InChI=1S/C15H22N2O2/c1-12-4-3-5-14(19-2)13(12)6-7-15(18)17-10-8-16-9-11-17/h3-5,16H,6-11H2,1-2H3. The minimum atomic E-state index is 0.242. The molecular weight excluding hydrogens is 240 g/mol. The monoisotopic (exact) mass is 262 g/mol. The number of nitrogens with zero attached hydrogens (tertiary/aromatic N) is 1. The van der Waals surface area contributed by atoms with Crippen molar-refractivity contribution in [2.75, 3.05) is 33.3 Å². The van der Waals surface area contributed by atoms with Crippen molar-refractivity contribution < 1.29 is 9.53 Å². The van der Waals surface area contributed by atoms with Crippen LogP contribution >= 0.6 is 0 Å². The van der Waals surface area contributed by atoms with Crippen LogP contribution in [-0.4, -0.2) is 44.1 Å². The topological polar surface area (TPSA) is 41.6 Å². The van der Waals surface area contributed by atoms with Crippen LogP contribution in [-0.2, 0) is 11.2 Å². The van der Waals surface area contributed by atoms with Gasteiger partial charge in [-0.2, -0.15) is 0 Å². The van der Waals surface area contributed by atoms with E-state index in [-0.39, 0.29) is 5.91 Å². The van der Waals surface area contributed by atoms with Crippen molar-refractivity contribution in [1.29, 1.82) is 0 Å². The zero-order chi connectivity index (χ0) is 13.7. The molecule has 19 heavy (non-hydrogen) atoms. The molecule has 4 heteroatoms. The average Bonchev–Trinajstić information content (AvgIpc) is 2.46. The van der Waals surface area contributed by atoms with Gasteiger partial charge in [0.05, 0.1) is 7.11 Å². The third-order valence-corrected chi connectivity index (χ3v) is 3.65. The quantitative estimate of drug-likeness (QED) is 0.891. The van der Waals surface area contributed by atoms with E-state index >= 15 is 0 Å². The van der Waals surface area contributed by atoms with E-state index in [1.54, 1.807) is 7.11 Å². The summed E-state index contributed by atoms with van der Waals surface area (Å²) in [7, 11) is 1.68. The summed E-state index contributed by atoms with van der Waals surface area (Å²) in [5, 5.41) is 3.26. The lowest BCUT2D eigenvalue weighted by Gasteiger charge is -2.27. The van der Waals surface area contributed by atoms with Crippen LogP contribution in [0.15, 0.2) is 18.2 Å². The molecule has 104 valence electrons. The SMILES string of the molecule is COc1cccc(C)c1CCC(=O)N1CCNCC1. The fourth-order valence-corrected chi connectivity index (χ4v) is 2.49. The molecule has 0 bridgehead atoms. The first-order chi connectivity index (χ1) is 9.22. The van der Waals surface area contributed by atoms with Gasteiger partial charge in [-0.05, 0) is 30.5 Å². The van der Waals surface area contributed by atoms with E-state index in [1.807, 2.05) is 17.0 Å². The van der Waals surface area contributed by atoms with Crippen LogP contribution in [0, 0.1) is 6.92 Å². The predicted molar refractivity (Wildman–Crippen MR) is 75.5 cm³/mol. The van der Waals surface area contributed by atoms with Gasteiger partial charge in [0.2, 0.25) is 5.91 Å². The van der Waals surface area contributed by atoms with E-state index in [2.05, 4.69) is 18.3 Å². The van der Waals surface area contributed by atoms with Gasteiger partial charge < -0.3 is 15.0 Å². The van der Waals surface area contributed by atoms with Crippen LogP contribution in [0.3, 0.4) is 0 Å². The number of aryl methyl sites for hydroxylation is 1. The highest BCUT2D eigenvalue weighted by Crippen LogP contribution is 2.23. The highest BCUT2D eigenvalue weighted by Gasteiger charge is 2.17. The Hall–Kier alpha value is -1.55. The number of carbonyl (C=O) groups excluding carboxylic acids is 1. The maximum Gasteiger partial charge on any atom is 0.222 e. The second-order valence-corrected chi connectivity index (χ2v) is 4.89. The molecule has 0 aromatic heterocycles. The summed E-state index contributed by atoms with van der Waals surface area (Å²) in [5.74, 6) is 1.12. The number of carbonyl (C=O) groups is 1. The fourth-order valence-electron chi connectivity index (χ4n) is 2.49. The number of benzene rings is 1. The van der Waals surface area contributed by atoms with Crippen LogP contribution in [0.25, 0.3) is 0 Å². The molecule has 4 nitrogen and oxygen atoms in total. The Labute approximate surface area is 114 Å². The van der Waals surface area contributed by atoms with Gasteiger partial charge >= 0.3 is 0 Å². The second-order valence-electron chi connectivity index (χ2n) is 4.89. The molecule has 1 fully saturated rings. The molecule has 0 saturated carbocycles. The highest BCUT2D eigenvalue weighted by molar-refractivity contribution is 5.76. The first kappa shape index (κ1) is 13.9. The van der Waals surface area contributed by atoms with E-state index < -0.39 is 0 Å². The summed E-state index contributed by atoms with van der Waals surface area (Å²) in [5.41, 5.74) is 2.33. The van der Waals surface area contributed by atoms with Gasteiger partial charge in [-0.1, -0.05) is 12.1 Å². The first-order valence-corrected chi connectivity index (χ1v) is 6.83. The minimum Gasteiger partial charge on any atom is -0.496 e. The largest absolute Gasteiger partial charge is 0.496 e. The van der Waals surface area contributed by atoms with Gasteiger partial charge in [-0.15, -0.1) is 0 Å². The number of ether oxygens (including phenoxy) is 1. The van der Waals surface area contributed by atoms with Crippen LogP contribution < -0.4 is 10.1 Å². The molecule has 0 spiro atoms. The average molecular weight is 262 g/mol. The van der Waals surface area contributed by atoms with Crippen LogP contribution in [0.2, 0.25) is 0 Å². The molecule has 1 amide bonds. The number of rotatable bonds is 4. The van der Waals surface area contributed by atoms with Crippen molar-refractivity contribution in [3.8, 4) is 5.75 Å². The van der Waals surface area contributed by atoms with Crippen molar-refractivity contribution in [2.24, 2.45) is 0 Å². The Morgan fingerprint density at radius 1 is 1.37 bits per heavy atom. The number of hydrogen-bond donors (Lipinski definition) is 1. The third-order valence-electron chi connectivity index (χ3n) is 3.65. The first-order valence-electron chi connectivity index (χ1n) is 6.83. The van der Waals surface area contributed by atoms with Crippen LogP contribution in [0.1, 0.15) is 17.5 Å². The third kappa shape index (κ3) is 3.47. The van der Waals surface area contributed by atoms with Gasteiger partial charge in [0.1, 0.15) is 5.75 Å². The number of hydrogen-bond acceptors (Lipinski definition) is 3. The molecule has 0 aliphatic carbocycles. The molecule has 1 N–H and O–H groups in total. The normalized spacial score (nSPS) is 15.4. The molecule has 1 aliphatic heterocycles. The van der Waals surface area contributed by atoms with Gasteiger partial charge in [0.15, 0.2) is 0 Å². The maximum atomic E-state index is 12.1. The summed E-state index contributed by atoms with van der Waals surface area (Å²) < 4.78 is 5.37. The highest BCUT2D eigenvalue weighted by atomic mass is 16.5. The fraction of sp³-hybridized carbons (Fsp3) is 0.533. The van der Waals surface area contributed by atoms with E-state index in [4.69, 9.17) is 4.74 Å². The lowest BCUT2D eigenvalue weighted by atomic mass is 10.0. The Balaban J connectivity index is 1.96. The molecular formula is C15H22N2O2. The second kappa shape index (κ2) is 6.57. The van der Waals surface area contributed by atoms with Crippen molar-refractivity contribution in [3.63, 3.8) is 0 Å². The zero-order valence-electron chi connectivity index (χ0n) is 11.7. The molecule has 0 unspecified atom stereocenters. The van der Waals surface area contributed by atoms with Crippen molar-refractivity contribution in [3.05, 3.63) is 29.3 Å². The van der Waals surface area contributed by atoms with Crippen molar-refractivity contribution in [2.45, 2.75) is 19.8 Å². The number of methoxy groups -OCH3 is 1. The lowest BCUT2D eigenvalue weighted by Crippen LogP contribution is -2.46. The molecule has 1 saturated heterocycles. The smallest absolute Gasteiger partial charge is 0.222 e. The Kier molecular flexibility index (Phi) is 4.80. The lowest BCUT2D eigenvalue weighted by molar-refractivity contribution is -0.131. The molecule has 1 aromatic rings. The Bertz CT molecular complexity index is 440. The van der Waals surface area contributed by atoms with E-state index in [1.165, 1.54) is 5.56 Å². The zero-order valence-corrected chi connectivity index (χ0v) is 11.7. The maximum absolute atomic E-state index is 12.1. The molecule has 1 aromatic carbocycles. The van der Waals surface area contributed by atoms with E-state index in [0.717, 1.165) is 43.9 Å². The number of piperazine rings is 1. The molecule has 1 aliphatic rings. The molecule has 0 radical (unpaired) electrons. The molecule has 1 heterocycles. The molecule has 2 rings (SSSR count). The van der Waals surface area contributed by atoms with E-state index in [0.29, 0.717) is 6.42 Å².